The van der Waals surface area contributed by atoms with Crippen LogP contribution in [0.2, 0.25) is 0 Å². The smallest absolute Gasteiger partial charge is 0.165 e. The third-order valence-corrected chi connectivity index (χ3v) is 5.50. The van der Waals surface area contributed by atoms with Gasteiger partial charge in [-0.2, -0.15) is 0 Å². The van der Waals surface area contributed by atoms with Gasteiger partial charge in [0.15, 0.2) is 11.6 Å². The van der Waals surface area contributed by atoms with Crippen molar-refractivity contribution in [2.45, 2.75) is 62.7 Å². The van der Waals surface area contributed by atoms with Crippen LogP contribution in [0, 0.1) is 11.6 Å². The second-order valence-electron chi connectivity index (χ2n) is 7.39. The summed E-state index contributed by atoms with van der Waals surface area (Å²) in [6.45, 7) is 0.760. The van der Waals surface area contributed by atoms with Crippen LogP contribution in [-0.2, 0) is 0 Å². The van der Waals surface area contributed by atoms with Gasteiger partial charge in [0.1, 0.15) is 18.0 Å². The summed E-state index contributed by atoms with van der Waals surface area (Å²) in [6, 6.07) is 3.37. The first-order chi connectivity index (χ1) is 12.0. The Kier molecular flexibility index (Phi) is 5.92. The summed E-state index contributed by atoms with van der Waals surface area (Å²) in [6.07, 6.45) is 6.59. The van der Waals surface area contributed by atoms with E-state index < -0.39 is 23.3 Å². The molecular formula is C19H27F2NO3. The maximum absolute atomic E-state index is 13.7. The first-order valence-electron chi connectivity index (χ1n) is 9.20. The van der Waals surface area contributed by atoms with Crippen molar-refractivity contribution in [1.82, 2.24) is 4.90 Å². The van der Waals surface area contributed by atoms with Gasteiger partial charge in [0, 0.05) is 25.2 Å². The van der Waals surface area contributed by atoms with Crippen LogP contribution in [0.4, 0.5) is 8.78 Å². The lowest BCUT2D eigenvalue weighted by atomic mass is 9.88. The van der Waals surface area contributed by atoms with E-state index in [1.165, 1.54) is 25.7 Å². The van der Waals surface area contributed by atoms with Gasteiger partial charge in [-0.05, 0) is 31.4 Å². The summed E-state index contributed by atoms with van der Waals surface area (Å²) in [5, 5.41) is 21.2. The molecule has 2 fully saturated rings. The number of hydrogen-bond donors (Lipinski definition) is 2. The van der Waals surface area contributed by atoms with Gasteiger partial charge < -0.3 is 14.9 Å². The van der Waals surface area contributed by atoms with Crippen molar-refractivity contribution in [3.05, 3.63) is 29.8 Å². The second kappa shape index (κ2) is 7.98. The first kappa shape index (κ1) is 18.5. The number of nitrogens with zero attached hydrogens (tertiary/aromatic N) is 1. The Morgan fingerprint density at radius 3 is 2.56 bits per heavy atom. The van der Waals surface area contributed by atoms with E-state index in [0.717, 1.165) is 37.6 Å². The number of aliphatic hydroxyl groups is 2. The van der Waals surface area contributed by atoms with E-state index in [1.807, 2.05) is 0 Å². The van der Waals surface area contributed by atoms with E-state index in [9.17, 15) is 19.0 Å². The third-order valence-electron chi connectivity index (χ3n) is 5.50. The molecule has 1 aliphatic heterocycles. The third kappa shape index (κ3) is 4.49. The molecule has 1 saturated carbocycles. The Morgan fingerprint density at radius 2 is 1.84 bits per heavy atom. The van der Waals surface area contributed by atoms with E-state index in [1.54, 1.807) is 0 Å². The fourth-order valence-electron chi connectivity index (χ4n) is 3.96. The van der Waals surface area contributed by atoms with Crippen LogP contribution in [0.15, 0.2) is 18.2 Å². The molecule has 1 saturated heterocycles. The maximum Gasteiger partial charge on any atom is 0.165 e. The topological polar surface area (TPSA) is 52.9 Å². The van der Waals surface area contributed by atoms with E-state index in [2.05, 4.69) is 4.90 Å². The van der Waals surface area contributed by atoms with Crippen molar-refractivity contribution >= 4 is 0 Å². The fraction of sp³-hybridized carbons (Fsp3) is 0.684. The van der Waals surface area contributed by atoms with Crippen molar-refractivity contribution in [1.29, 1.82) is 0 Å². The Balaban J connectivity index is 1.66. The van der Waals surface area contributed by atoms with Gasteiger partial charge in [-0.25, -0.2) is 8.78 Å². The molecule has 2 N–H and O–H groups in total. The van der Waals surface area contributed by atoms with Crippen molar-refractivity contribution in [3.63, 3.8) is 0 Å². The predicted molar refractivity (Wildman–Crippen MR) is 90.5 cm³/mol. The average Bonchev–Trinajstić information content (AvgIpc) is 2.88. The van der Waals surface area contributed by atoms with Gasteiger partial charge in [0.2, 0.25) is 0 Å². The minimum atomic E-state index is -1.48. The number of hydrogen-bond acceptors (Lipinski definition) is 4. The molecule has 1 aromatic carbocycles. The van der Waals surface area contributed by atoms with Gasteiger partial charge in [-0.15, -0.1) is 0 Å². The molecule has 3 rings (SSSR count). The highest BCUT2D eigenvalue weighted by Crippen LogP contribution is 2.30. The standard InChI is InChI=1S/C19H27F2NO3/c20-14-7-8-16(21)17(11-14)25-13-19(24)12-22(10-9-18(19)23)15-5-3-1-2-4-6-15/h7-8,11,15,18,23-24H,1-6,9-10,12-13H2/t18-,19-/m0/s1. The largest absolute Gasteiger partial charge is 0.487 e. The van der Waals surface area contributed by atoms with Crippen LogP contribution in [0.1, 0.15) is 44.9 Å². The quantitative estimate of drug-likeness (QED) is 0.816. The Labute approximate surface area is 147 Å². The molecule has 1 aromatic rings. The van der Waals surface area contributed by atoms with Gasteiger partial charge in [0.25, 0.3) is 0 Å². The van der Waals surface area contributed by atoms with Crippen LogP contribution in [0.3, 0.4) is 0 Å². The molecule has 0 spiro atoms. The lowest BCUT2D eigenvalue weighted by molar-refractivity contribution is -0.146. The van der Waals surface area contributed by atoms with Crippen molar-refractivity contribution in [2.75, 3.05) is 19.7 Å². The minimum absolute atomic E-state index is 0.243. The number of β-amino-alcohol motifs (C(OH)–C–C–N with tert-alkyl or cyclic N) is 1. The van der Waals surface area contributed by atoms with Gasteiger partial charge >= 0.3 is 0 Å². The van der Waals surface area contributed by atoms with Gasteiger partial charge in [-0.3, -0.25) is 4.90 Å². The van der Waals surface area contributed by atoms with E-state index >= 15 is 0 Å². The van der Waals surface area contributed by atoms with Crippen LogP contribution < -0.4 is 4.74 Å². The van der Waals surface area contributed by atoms with Crippen LogP contribution in [-0.4, -0.2) is 52.6 Å². The summed E-state index contributed by atoms with van der Waals surface area (Å²) < 4.78 is 32.3. The molecule has 0 aromatic heterocycles. The minimum Gasteiger partial charge on any atom is -0.487 e. The zero-order chi connectivity index (χ0) is 17.9. The molecule has 1 heterocycles. The van der Waals surface area contributed by atoms with E-state index in [0.29, 0.717) is 12.5 Å². The van der Waals surface area contributed by atoms with E-state index in [4.69, 9.17) is 4.74 Å². The summed E-state index contributed by atoms with van der Waals surface area (Å²) in [7, 11) is 0. The number of piperidine rings is 1. The SMILES string of the molecule is O[C@H]1CCN(C2CCCCCC2)C[C@]1(O)COc1cc(F)ccc1F. The Bertz CT molecular complexity index is 578. The van der Waals surface area contributed by atoms with Crippen LogP contribution in [0.25, 0.3) is 0 Å². The van der Waals surface area contributed by atoms with Crippen molar-refractivity contribution in [3.8, 4) is 5.75 Å². The zero-order valence-corrected chi connectivity index (χ0v) is 14.5. The molecule has 1 aliphatic carbocycles. The lowest BCUT2D eigenvalue weighted by Gasteiger charge is -2.45. The number of rotatable bonds is 4. The number of halogens is 2. The number of likely N-dealkylation sites (tertiary alicyclic amines) is 1. The maximum atomic E-state index is 13.7. The Hall–Kier alpha value is -1.24. The highest BCUT2D eigenvalue weighted by Gasteiger charge is 2.43. The molecule has 25 heavy (non-hydrogen) atoms. The molecule has 4 nitrogen and oxygen atoms in total. The molecule has 6 heteroatoms. The van der Waals surface area contributed by atoms with Crippen LogP contribution in [0.5, 0.6) is 5.75 Å². The molecule has 0 radical (unpaired) electrons. The van der Waals surface area contributed by atoms with Gasteiger partial charge in [0.05, 0.1) is 6.10 Å². The summed E-state index contributed by atoms with van der Waals surface area (Å²) in [5.41, 5.74) is -1.48. The Morgan fingerprint density at radius 1 is 1.12 bits per heavy atom. The highest BCUT2D eigenvalue weighted by atomic mass is 19.1. The number of benzene rings is 1. The van der Waals surface area contributed by atoms with E-state index in [-0.39, 0.29) is 18.9 Å². The number of aliphatic hydroxyl groups excluding tert-OH is 1. The van der Waals surface area contributed by atoms with Crippen molar-refractivity contribution < 1.29 is 23.7 Å². The molecule has 140 valence electrons. The normalized spacial score (nSPS) is 29.4. The molecule has 2 atom stereocenters. The first-order valence-corrected chi connectivity index (χ1v) is 9.20. The summed E-state index contributed by atoms with van der Waals surface area (Å²) in [4.78, 5) is 2.23. The molecule has 0 bridgehead atoms. The summed E-state index contributed by atoms with van der Waals surface area (Å²) >= 11 is 0. The monoisotopic (exact) mass is 355 g/mol. The predicted octanol–water partition coefficient (Wildman–Crippen LogP) is 2.86. The molecule has 2 aliphatic rings. The second-order valence-corrected chi connectivity index (χ2v) is 7.39. The number of ether oxygens (including phenoxy) is 1. The van der Waals surface area contributed by atoms with Gasteiger partial charge in [-0.1, -0.05) is 25.7 Å². The van der Waals surface area contributed by atoms with Crippen LogP contribution >= 0.6 is 0 Å². The van der Waals surface area contributed by atoms with Crippen molar-refractivity contribution in [2.24, 2.45) is 0 Å². The average molecular weight is 355 g/mol. The highest BCUT2D eigenvalue weighted by molar-refractivity contribution is 5.25. The fourth-order valence-corrected chi connectivity index (χ4v) is 3.96. The lowest BCUT2D eigenvalue weighted by Crippen LogP contribution is -2.61. The summed E-state index contributed by atoms with van der Waals surface area (Å²) in [5.74, 6) is -1.53. The molecule has 0 amide bonds. The molecular weight excluding hydrogens is 328 g/mol. The molecule has 0 unspecified atom stereocenters. The zero-order valence-electron chi connectivity index (χ0n) is 14.5.